The van der Waals surface area contributed by atoms with Crippen molar-refractivity contribution in [2.24, 2.45) is 5.10 Å². The fraction of sp³-hybridized carbons (Fsp3) is 0.357. The van der Waals surface area contributed by atoms with Crippen LogP contribution in [-0.2, 0) is 14.3 Å². The van der Waals surface area contributed by atoms with Crippen LogP contribution in [0.4, 0.5) is 5.69 Å². The number of benzene rings is 1. The number of esters is 1. The second kappa shape index (κ2) is 8.68. The maximum Gasteiger partial charge on any atom is 0.328 e. The van der Waals surface area contributed by atoms with Crippen molar-refractivity contribution in [3.05, 3.63) is 30.3 Å². The zero-order valence-corrected chi connectivity index (χ0v) is 11.6. The number of carbonyl (C=O) groups excluding carboxylic acids is 2. The van der Waals surface area contributed by atoms with Gasteiger partial charge in [0.05, 0.1) is 12.8 Å². The molecule has 0 aliphatic heterocycles. The summed E-state index contributed by atoms with van der Waals surface area (Å²) in [6, 6.07) is 8.88. The van der Waals surface area contributed by atoms with E-state index in [2.05, 4.69) is 20.6 Å². The van der Waals surface area contributed by atoms with Gasteiger partial charge in [0.1, 0.15) is 6.04 Å². The smallest absolute Gasteiger partial charge is 0.328 e. The summed E-state index contributed by atoms with van der Waals surface area (Å²) < 4.78 is 4.63. The fourth-order valence-corrected chi connectivity index (χ4v) is 1.58. The van der Waals surface area contributed by atoms with E-state index < -0.39 is 12.0 Å². The van der Waals surface area contributed by atoms with Crippen molar-refractivity contribution in [1.29, 1.82) is 0 Å². The number of anilines is 1. The lowest BCUT2D eigenvalue weighted by Gasteiger charge is -2.13. The molecule has 20 heavy (non-hydrogen) atoms. The van der Waals surface area contributed by atoms with E-state index in [0.29, 0.717) is 12.8 Å². The van der Waals surface area contributed by atoms with Gasteiger partial charge in [0.2, 0.25) is 5.91 Å². The third-order valence-electron chi connectivity index (χ3n) is 2.51. The molecule has 0 radical (unpaired) electrons. The lowest BCUT2D eigenvalue weighted by molar-refractivity contribution is -0.145. The molecule has 6 heteroatoms. The monoisotopic (exact) mass is 277 g/mol. The molecule has 2 N–H and O–H groups in total. The third-order valence-corrected chi connectivity index (χ3v) is 2.51. The number of hydrogen-bond acceptors (Lipinski definition) is 5. The van der Waals surface area contributed by atoms with Crippen molar-refractivity contribution in [2.45, 2.75) is 25.8 Å². The van der Waals surface area contributed by atoms with Crippen molar-refractivity contribution < 1.29 is 14.3 Å². The van der Waals surface area contributed by atoms with Gasteiger partial charge in [-0.05, 0) is 25.0 Å². The highest BCUT2D eigenvalue weighted by Gasteiger charge is 2.18. The molecule has 108 valence electrons. The van der Waals surface area contributed by atoms with Crippen LogP contribution in [0.25, 0.3) is 0 Å². The van der Waals surface area contributed by atoms with Gasteiger partial charge in [-0.2, -0.15) is 5.10 Å². The molecule has 1 aromatic rings. The number of hydrazone groups is 1. The molecule has 0 bridgehead atoms. The van der Waals surface area contributed by atoms with E-state index in [9.17, 15) is 9.59 Å². The number of carbonyl (C=O) groups is 2. The Bertz CT molecular complexity index is 460. The van der Waals surface area contributed by atoms with Gasteiger partial charge in [-0.3, -0.25) is 10.2 Å². The molecule has 0 saturated carbocycles. The van der Waals surface area contributed by atoms with Gasteiger partial charge >= 0.3 is 5.97 Å². The van der Waals surface area contributed by atoms with E-state index in [1.807, 2.05) is 30.3 Å². The lowest BCUT2D eigenvalue weighted by atomic mass is 10.1. The molecule has 0 aromatic heterocycles. The number of nitrogens with zero attached hydrogens (tertiary/aromatic N) is 1. The van der Waals surface area contributed by atoms with Crippen molar-refractivity contribution in [2.75, 3.05) is 12.5 Å². The van der Waals surface area contributed by atoms with Crippen LogP contribution in [0, 0.1) is 0 Å². The SMILES string of the molecule is COC(=O)[C@H](CC/C=N/Nc1ccccc1)NC(C)=O. The van der Waals surface area contributed by atoms with Crippen molar-refractivity contribution >= 4 is 23.8 Å². The first-order valence-corrected chi connectivity index (χ1v) is 6.31. The summed E-state index contributed by atoms with van der Waals surface area (Å²) in [5.74, 6) is -0.718. The number of nitrogens with one attached hydrogen (secondary N) is 2. The molecule has 0 heterocycles. The highest BCUT2D eigenvalue weighted by Crippen LogP contribution is 2.04. The first-order valence-electron chi connectivity index (χ1n) is 6.31. The summed E-state index contributed by atoms with van der Waals surface area (Å²) in [7, 11) is 1.29. The van der Waals surface area contributed by atoms with Crippen LogP contribution in [0.15, 0.2) is 35.4 Å². The quantitative estimate of drug-likeness (QED) is 0.450. The minimum absolute atomic E-state index is 0.264. The first-order chi connectivity index (χ1) is 9.63. The van der Waals surface area contributed by atoms with Crippen molar-refractivity contribution in [3.63, 3.8) is 0 Å². The first kappa shape index (κ1) is 15.7. The molecule has 6 nitrogen and oxygen atoms in total. The molecule has 1 rings (SSSR count). The van der Waals surface area contributed by atoms with Crippen LogP contribution in [0.1, 0.15) is 19.8 Å². The molecule has 1 atom stereocenters. The Hall–Kier alpha value is -2.37. The third kappa shape index (κ3) is 5.99. The number of ether oxygens (including phenoxy) is 1. The van der Waals surface area contributed by atoms with E-state index in [1.165, 1.54) is 14.0 Å². The number of methoxy groups -OCH3 is 1. The van der Waals surface area contributed by atoms with E-state index in [4.69, 9.17) is 0 Å². The van der Waals surface area contributed by atoms with Gasteiger partial charge < -0.3 is 10.1 Å². The maximum atomic E-state index is 11.4. The lowest BCUT2D eigenvalue weighted by Crippen LogP contribution is -2.40. The van der Waals surface area contributed by atoms with Crippen molar-refractivity contribution in [1.82, 2.24) is 5.32 Å². The highest BCUT2D eigenvalue weighted by molar-refractivity contribution is 5.83. The predicted molar refractivity (Wildman–Crippen MR) is 77.4 cm³/mol. The Morgan fingerprint density at radius 3 is 2.65 bits per heavy atom. The van der Waals surface area contributed by atoms with E-state index >= 15 is 0 Å². The minimum Gasteiger partial charge on any atom is -0.467 e. The Balaban J connectivity index is 2.36. The molecular formula is C14H19N3O3. The second-order valence-corrected chi connectivity index (χ2v) is 4.14. The van der Waals surface area contributed by atoms with E-state index in [1.54, 1.807) is 6.21 Å². The van der Waals surface area contributed by atoms with Gasteiger partial charge in [-0.15, -0.1) is 0 Å². The number of amides is 1. The standard InChI is InChI=1S/C14H19N3O3/c1-11(18)16-13(14(19)20-2)9-6-10-15-17-12-7-4-3-5-8-12/h3-5,7-8,10,13,17H,6,9H2,1-2H3,(H,16,18)/b15-10+/t13-/m0/s1. The van der Waals surface area contributed by atoms with Gasteiger partial charge in [0.25, 0.3) is 0 Å². The molecular weight excluding hydrogens is 258 g/mol. The summed E-state index contributed by atoms with van der Waals surface area (Å²) in [6.07, 6.45) is 2.64. The van der Waals surface area contributed by atoms with Crippen LogP contribution in [0.2, 0.25) is 0 Å². The molecule has 0 unspecified atom stereocenters. The molecule has 0 spiro atoms. The molecule has 0 aliphatic carbocycles. The summed E-state index contributed by atoms with van der Waals surface area (Å²) in [4.78, 5) is 22.4. The maximum absolute atomic E-state index is 11.4. The number of para-hydroxylation sites is 1. The van der Waals surface area contributed by atoms with Gasteiger partial charge in [0, 0.05) is 13.1 Å². The van der Waals surface area contributed by atoms with Crippen LogP contribution in [0.5, 0.6) is 0 Å². The summed E-state index contributed by atoms with van der Waals surface area (Å²) in [5.41, 5.74) is 3.75. The Morgan fingerprint density at radius 1 is 1.35 bits per heavy atom. The normalized spacial score (nSPS) is 11.9. The predicted octanol–water partition coefficient (Wildman–Crippen LogP) is 1.54. The Kier molecular flexibility index (Phi) is 6.81. The van der Waals surface area contributed by atoms with Gasteiger partial charge in [0.15, 0.2) is 0 Å². The van der Waals surface area contributed by atoms with E-state index in [0.717, 1.165) is 5.69 Å². The molecule has 1 amide bonds. The van der Waals surface area contributed by atoms with Crippen LogP contribution in [0.3, 0.4) is 0 Å². The second-order valence-electron chi connectivity index (χ2n) is 4.14. The van der Waals surface area contributed by atoms with Crippen LogP contribution in [-0.4, -0.2) is 31.2 Å². The number of hydrogen-bond donors (Lipinski definition) is 2. The van der Waals surface area contributed by atoms with Crippen LogP contribution >= 0.6 is 0 Å². The highest BCUT2D eigenvalue weighted by atomic mass is 16.5. The molecule has 1 aromatic carbocycles. The average molecular weight is 277 g/mol. The summed E-state index contributed by atoms with van der Waals surface area (Å²) >= 11 is 0. The van der Waals surface area contributed by atoms with Gasteiger partial charge in [-0.1, -0.05) is 18.2 Å². The average Bonchev–Trinajstić information content (AvgIpc) is 2.45. The molecule has 0 fully saturated rings. The topological polar surface area (TPSA) is 79.8 Å². The van der Waals surface area contributed by atoms with Gasteiger partial charge in [-0.25, -0.2) is 4.79 Å². The summed E-state index contributed by atoms with van der Waals surface area (Å²) in [5, 5.41) is 6.58. The molecule has 0 aliphatic rings. The van der Waals surface area contributed by atoms with Crippen molar-refractivity contribution in [3.8, 4) is 0 Å². The van der Waals surface area contributed by atoms with Crippen LogP contribution < -0.4 is 10.7 Å². The zero-order valence-electron chi connectivity index (χ0n) is 11.6. The Labute approximate surface area is 118 Å². The zero-order chi connectivity index (χ0) is 14.8. The summed E-state index contributed by atoms with van der Waals surface area (Å²) in [6.45, 7) is 1.36. The number of rotatable bonds is 7. The fourth-order valence-electron chi connectivity index (χ4n) is 1.58. The molecule has 0 saturated heterocycles. The van der Waals surface area contributed by atoms with E-state index in [-0.39, 0.29) is 5.91 Å². The largest absolute Gasteiger partial charge is 0.467 e. The minimum atomic E-state index is -0.638. The Morgan fingerprint density at radius 2 is 2.05 bits per heavy atom.